The van der Waals surface area contributed by atoms with E-state index in [1.54, 1.807) is 24.0 Å². The van der Waals surface area contributed by atoms with Gasteiger partial charge in [0.25, 0.3) is 0 Å². The molecule has 2 rings (SSSR count). The third-order valence-electron chi connectivity index (χ3n) is 2.43. The molecular formula is C11H11Cl2N3O3S. The van der Waals surface area contributed by atoms with E-state index in [4.69, 9.17) is 33.1 Å². The van der Waals surface area contributed by atoms with Crippen LogP contribution in [0.15, 0.2) is 29.3 Å². The standard InChI is InChI=1S/C11H11Cl2N3O3S/c1-16-3-2-7(15-16)6-19-11-9(12)4-8(5-10(11)13)20(14,17)18/h2-5H,6H2,1H3,(H2,14,17,18). The van der Waals surface area contributed by atoms with Crippen molar-refractivity contribution in [2.75, 3.05) is 0 Å². The maximum atomic E-state index is 11.2. The Morgan fingerprint density at radius 2 is 1.95 bits per heavy atom. The molecule has 0 unspecified atom stereocenters. The van der Waals surface area contributed by atoms with Crippen LogP contribution < -0.4 is 9.88 Å². The molecule has 2 aromatic rings. The zero-order valence-corrected chi connectivity index (χ0v) is 12.7. The summed E-state index contributed by atoms with van der Waals surface area (Å²) in [4.78, 5) is -0.169. The zero-order chi connectivity index (χ0) is 14.9. The van der Waals surface area contributed by atoms with Crippen molar-refractivity contribution >= 4 is 33.2 Å². The van der Waals surface area contributed by atoms with E-state index >= 15 is 0 Å². The van der Waals surface area contributed by atoms with Gasteiger partial charge in [0.15, 0.2) is 5.75 Å². The Labute approximate surface area is 126 Å². The number of nitrogens with two attached hydrogens (primary N) is 1. The molecule has 0 bridgehead atoms. The molecule has 0 aliphatic heterocycles. The number of rotatable bonds is 4. The molecule has 1 heterocycles. The quantitative estimate of drug-likeness (QED) is 0.924. The van der Waals surface area contributed by atoms with E-state index in [0.717, 1.165) is 0 Å². The summed E-state index contributed by atoms with van der Waals surface area (Å²) in [6.45, 7) is 0.162. The number of halogens is 2. The van der Waals surface area contributed by atoms with Gasteiger partial charge in [0.2, 0.25) is 10.0 Å². The molecule has 2 N–H and O–H groups in total. The van der Waals surface area contributed by atoms with Crippen LogP contribution >= 0.6 is 23.2 Å². The van der Waals surface area contributed by atoms with Crippen molar-refractivity contribution in [1.29, 1.82) is 0 Å². The number of nitrogens with zero attached hydrogens (tertiary/aromatic N) is 2. The molecule has 20 heavy (non-hydrogen) atoms. The smallest absolute Gasteiger partial charge is 0.238 e. The van der Waals surface area contributed by atoms with E-state index in [9.17, 15) is 8.42 Å². The van der Waals surface area contributed by atoms with Crippen molar-refractivity contribution < 1.29 is 13.2 Å². The summed E-state index contributed by atoms with van der Waals surface area (Å²) in [6, 6.07) is 4.16. The molecule has 0 saturated carbocycles. The highest BCUT2D eigenvalue weighted by Gasteiger charge is 2.16. The first-order valence-corrected chi connectivity index (χ1v) is 7.71. The third-order valence-corrected chi connectivity index (χ3v) is 3.89. The van der Waals surface area contributed by atoms with E-state index < -0.39 is 10.0 Å². The van der Waals surface area contributed by atoms with Gasteiger partial charge in [-0.2, -0.15) is 5.10 Å². The predicted molar refractivity (Wildman–Crippen MR) is 75.4 cm³/mol. The van der Waals surface area contributed by atoms with Gasteiger partial charge in [0, 0.05) is 13.2 Å². The topological polar surface area (TPSA) is 87.2 Å². The molecule has 0 aliphatic rings. The fraction of sp³-hybridized carbons (Fsp3) is 0.182. The summed E-state index contributed by atoms with van der Waals surface area (Å²) in [7, 11) is -2.09. The maximum Gasteiger partial charge on any atom is 0.238 e. The van der Waals surface area contributed by atoms with Crippen molar-refractivity contribution in [3.8, 4) is 5.75 Å². The molecule has 0 fully saturated rings. The lowest BCUT2D eigenvalue weighted by atomic mass is 10.3. The Balaban J connectivity index is 2.25. The Hall–Kier alpha value is -1.28. The number of primary sulfonamides is 1. The summed E-state index contributed by atoms with van der Waals surface area (Å²) in [5.74, 6) is 0.186. The molecule has 1 aromatic carbocycles. The first kappa shape index (κ1) is 15.1. The molecule has 0 amide bonds. The minimum absolute atomic E-state index is 0.0671. The lowest BCUT2D eigenvalue weighted by molar-refractivity contribution is 0.300. The van der Waals surface area contributed by atoms with Gasteiger partial charge in [-0.15, -0.1) is 0 Å². The van der Waals surface area contributed by atoms with Crippen molar-refractivity contribution in [2.45, 2.75) is 11.5 Å². The van der Waals surface area contributed by atoms with Crippen molar-refractivity contribution in [3.63, 3.8) is 0 Å². The zero-order valence-electron chi connectivity index (χ0n) is 10.4. The van der Waals surface area contributed by atoms with Crippen LogP contribution in [0.1, 0.15) is 5.69 Å². The van der Waals surface area contributed by atoms with E-state index in [1.165, 1.54) is 12.1 Å². The van der Waals surface area contributed by atoms with Crippen LogP contribution in [0.5, 0.6) is 5.75 Å². The Morgan fingerprint density at radius 3 is 2.40 bits per heavy atom. The molecule has 9 heteroatoms. The van der Waals surface area contributed by atoms with Crippen molar-refractivity contribution in [2.24, 2.45) is 12.2 Å². The maximum absolute atomic E-state index is 11.2. The lowest BCUT2D eigenvalue weighted by Crippen LogP contribution is -2.12. The van der Waals surface area contributed by atoms with Crippen LogP contribution in [0, 0.1) is 0 Å². The van der Waals surface area contributed by atoms with Gasteiger partial charge >= 0.3 is 0 Å². The molecule has 0 radical (unpaired) electrons. The number of aryl methyl sites for hydroxylation is 1. The highest BCUT2D eigenvalue weighted by atomic mass is 35.5. The van der Waals surface area contributed by atoms with E-state index in [2.05, 4.69) is 5.10 Å². The fourth-order valence-electron chi connectivity index (χ4n) is 1.53. The van der Waals surface area contributed by atoms with Gasteiger partial charge in [-0.1, -0.05) is 23.2 Å². The average molecular weight is 336 g/mol. The van der Waals surface area contributed by atoms with Crippen LogP contribution in [-0.4, -0.2) is 18.2 Å². The second-order valence-corrected chi connectivity index (χ2v) is 6.41. The van der Waals surface area contributed by atoms with Gasteiger partial charge in [-0.05, 0) is 18.2 Å². The minimum Gasteiger partial charge on any atom is -0.484 e. The molecule has 1 aromatic heterocycles. The van der Waals surface area contributed by atoms with Crippen molar-refractivity contribution in [3.05, 3.63) is 40.1 Å². The number of ether oxygens (including phenoxy) is 1. The molecule has 0 saturated heterocycles. The molecule has 108 valence electrons. The second kappa shape index (κ2) is 5.61. The van der Waals surface area contributed by atoms with Crippen LogP contribution in [0.4, 0.5) is 0 Å². The number of sulfonamides is 1. The third kappa shape index (κ3) is 3.43. The SMILES string of the molecule is Cn1ccc(COc2c(Cl)cc(S(N)(=O)=O)cc2Cl)n1. The highest BCUT2D eigenvalue weighted by Crippen LogP contribution is 2.35. The number of hydrogen-bond donors (Lipinski definition) is 1. The first-order chi connectivity index (χ1) is 9.27. The van der Waals surface area contributed by atoms with E-state index in [-0.39, 0.29) is 27.3 Å². The van der Waals surface area contributed by atoms with E-state index in [1.807, 2.05) is 0 Å². The molecular weight excluding hydrogens is 325 g/mol. The summed E-state index contributed by atoms with van der Waals surface area (Å²) >= 11 is 11.9. The van der Waals surface area contributed by atoms with Gasteiger partial charge in [0.05, 0.1) is 20.6 Å². The number of benzene rings is 1. The summed E-state index contributed by atoms with van der Waals surface area (Å²) in [5.41, 5.74) is 0.690. The molecule has 6 nitrogen and oxygen atoms in total. The summed E-state index contributed by atoms with van der Waals surface area (Å²) in [5, 5.41) is 9.28. The van der Waals surface area contributed by atoms with Gasteiger partial charge in [-0.25, -0.2) is 13.6 Å². The predicted octanol–water partition coefficient (Wildman–Crippen LogP) is 1.95. The lowest BCUT2D eigenvalue weighted by Gasteiger charge is -2.10. The highest BCUT2D eigenvalue weighted by molar-refractivity contribution is 7.89. The van der Waals surface area contributed by atoms with Crippen LogP contribution in [0.3, 0.4) is 0 Å². The van der Waals surface area contributed by atoms with Crippen molar-refractivity contribution in [1.82, 2.24) is 9.78 Å². The van der Waals surface area contributed by atoms with Gasteiger partial charge < -0.3 is 4.74 Å². The number of hydrogen-bond acceptors (Lipinski definition) is 4. The monoisotopic (exact) mass is 335 g/mol. The molecule has 0 aliphatic carbocycles. The summed E-state index contributed by atoms with van der Waals surface area (Å²) < 4.78 is 29.6. The van der Waals surface area contributed by atoms with Gasteiger partial charge in [0.1, 0.15) is 6.61 Å². The largest absolute Gasteiger partial charge is 0.484 e. The van der Waals surface area contributed by atoms with Crippen LogP contribution in [0.2, 0.25) is 10.0 Å². The Morgan fingerprint density at radius 1 is 1.35 bits per heavy atom. The molecule has 0 atom stereocenters. The van der Waals surface area contributed by atoms with Gasteiger partial charge in [-0.3, -0.25) is 4.68 Å². The fourth-order valence-corrected chi connectivity index (χ4v) is 2.81. The Kier molecular flexibility index (Phi) is 4.24. The van der Waals surface area contributed by atoms with E-state index in [0.29, 0.717) is 5.69 Å². The summed E-state index contributed by atoms with van der Waals surface area (Å²) in [6.07, 6.45) is 1.77. The normalized spacial score (nSPS) is 11.6. The minimum atomic E-state index is -3.87. The number of aromatic nitrogens is 2. The Bertz CT molecular complexity index is 720. The average Bonchev–Trinajstić information content (AvgIpc) is 2.72. The second-order valence-electron chi connectivity index (χ2n) is 4.03. The van der Waals surface area contributed by atoms with Crippen LogP contribution in [-0.2, 0) is 23.7 Å². The molecule has 0 spiro atoms. The first-order valence-electron chi connectivity index (χ1n) is 5.40. The van der Waals surface area contributed by atoms with Crippen LogP contribution in [0.25, 0.3) is 0 Å².